The van der Waals surface area contributed by atoms with Crippen LogP contribution < -0.4 is 5.32 Å². The Balaban J connectivity index is 1.75. The summed E-state index contributed by atoms with van der Waals surface area (Å²) in [6.45, 7) is 1.93. The van der Waals surface area contributed by atoms with Crippen LogP contribution in [0.15, 0.2) is 24.3 Å². The van der Waals surface area contributed by atoms with Gasteiger partial charge in [-0.15, -0.1) is 0 Å². The highest BCUT2D eigenvalue weighted by Crippen LogP contribution is 2.14. The lowest BCUT2D eigenvalue weighted by Gasteiger charge is -2.38. The van der Waals surface area contributed by atoms with Gasteiger partial charge in [0.25, 0.3) is 0 Å². The van der Waals surface area contributed by atoms with Crippen LogP contribution in [0.4, 0.5) is 4.79 Å². The number of aliphatic hydroxyl groups excluding tert-OH is 1. The number of aliphatic hydroxyl groups is 1. The fourth-order valence-electron chi connectivity index (χ4n) is 1.74. The largest absolute Gasteiger partial charge is 0.396 e. The maximum Gasteiger partial charge on any atom is 0.317 e. The predicted octanol–water partition coefficient (Wildman–Crippen LogP) is 1.47. The quantitative estimate of drug-likeness (QED) is 0.858. The third kappa shape index (κ3) is 3.11. The molecule has 17 heavy (non-hydrogen) atoms. The molecule has 1 fully saturated rings. The van der Waals surface area contributed by atoms with Crippen molar-refractivity contribution in [3.8, 4) is 0 Å². The van der Waals surface area contributed by atoms with E-state index in [0.717, 1.165) is 5.56 Å². The number of hydrogen-bond donors (Lipinski definition) is 2. The third-order valence-corrected chi connectivity index (χ3v) is 3.11. The Labute approximate surface area is 105 Å². The van der Waals surface area contributed by atoms with Crippen molar-refractivity contribution >= 4 is 17.6 Å². The first-order valence-electron chi connectivity index (χ1n) is 5.57. The lowest BCUT2D eigenvalue weighted by Crippen LogP contribution is -2.54. The molecule has 1 aromatic rings. The van der Waals surface area contributed by atoms with Crippen LogP contribution in [0, 0.1) is 5.92 Å². The van der Waals surface area contributed by atoms with E-state index in [1.54, 1.807) is 17.0 Å². The molecule has 1 heterocycles. The van der Waals surface area contributed by atoms with Crippen LogP contribution in [0.3, 0.4) is 0 Å². The lowest BCUT2D eigenvalue weighted by molar-refractivity contribution is 0.0775. The van der Waals surface area contributed by atoms with Gasteiger partial charge in [-0.3, -0.25) is 0 Å². The minimum atomic E-state index is -0.0790. The highest BCUT2D eigenvalue weighted by molar-refractivity contribution is 6.30. The molecule has 1 saturated heterocycles. The lowest BCUT2D eigenvalue weighted by atomic mass is 10.0. The monoisotopic (exact) mass is 254 g/mol. The Morgan fingerprint density at radius 2 is 2.06 bits per heavy atom. The Kier molecular flexibility index (Phi) is 3.86. The van der Waals surface area contributed by atoms with Crippen LogP contribution in [0.1, 0.15) is 5.56 Å². The molecule has 1 aromatic carbocycles. The van der Waals surface area contributed by atoms with E-state index < -0.39 is 0 Å². The topological polar surface area (TPSA) is 52.6 Å². The van der Waals surface area contributed by atoms with Crippen molar-refractivity contribution in [3.63, 3.8) is 0 Å². The summed E-state index contributed by atoms with van der Waals surface area (Å²) in [6, 6.07) is 7.29. The number of hydrogen-bond acceptors (Lipinski definition) is 2. The number of benzene rings is 1. The Hall–Kier alpha value is -1.26. The first-order valence-corrected chi connectivity index (χ1v) is 5.95. The van der Waals surface area contributed by atoms with E-state index in [0.29, 0.717) is 24.7 Å². The van der Waals surface area contributed by atoms with E-state index in [-0.39, 0.29) is 18.6 Å². The van der Waals surface area contributed by atoms with E-state index in [1.807, 2.05) is 12.1 Å². The number of carbonyl (C=O) groups excluding carboxylic acids is 1. The fraction of sp³-hybridized carbons (Fsp3) is 0.417. The second-order valence-electron chi connectivity index (χ2n) is 4.24. The van der Waals surface area contributed by atoms with Gasteiger partial charge in [0.15, 0.2) is 0 Å². The van der Waals surface area contributed by atoms with Crippen LogP contribution in [-0.4, -0.2) is 35.7 Å². The van der Waals surface area contributed by atoms with Gasteiger partial charge in [-0.2, -0.15) is 0 Å². The minimum Gasteiger partial charge on any atom is -0.396 e. The summed E-state index contributed by atoms with van der Waals surface area (Å²) >= 11 is 5.77. The number of nitrogens with zero attached hydrogens (tertiary/aromatic N) is 1. The van der Waals surface area contributed by atoms with Gasteiger partial charge in [-0.25, -0.2) is 4.79 Å². The first kappa shape index (κ1) is 12.2. The zero-order valence-corrected chi connectivity index (χ0v) is 10.2. The smallest absolute Gasteiger partial charge is 0.317 e. The van der Waals surface area contributed by atoms with E-state index >= 15 is 0 Å². The SMILES string of the molecule is O=C(NCc1ccc(Cl)cc1)N1CC(CO)C1. The molecule has 4 nitrogen and oxygen atoms in total. The summed E-state index contributed by atoms with van der Waals surface area (Å²) in [5, 5.41) is 12.4. The second kappa shape index (κ2) is 5.38. The Morgan fingerprint density at radius 1 is 1.41 bits per heavy atom. The summed E-state index contributed by atoms with van der Waals surface area (Å²) in [4.78, 5) is 13.3. The first-order chi connectivity index (χ1) is 8.19. The molecule has 0 spiro atoms. The Morgan fingerprint density at radius 3 is 2.65 bits per heavy atom. The summed E-state index contributed by atoms with van der Waals surface area (Å²) in [6.07, 6.45) is 0. The molecule has 0 aromatic heterocycles. The molecule has 0 aliphatic carbocycles. The molecular weight excluding hydrogens is 240 g/mol. The maximum atomic E-state index is 11.6. The molecule has 1 aliphatic rings. The van der Waals surface area contributed by atoms with E-state index in [1.165, 1.54) is 0 Å². The molecule has 2 amide bonds. The Bertz CT molecular complexity index is 388. The molecule has 0 bridgehead atoms. The molecule has 1 aliphatic heterocycles. The highest BCUT2D eigenvalue weighted by atomic mass is 35.5. The third-order valence-electron chi connectivity index (χ3n) is 2.86. The van der Waals surface area contributed by atoms with Crippen molar-refractivity contribution in [3.05, 3.63) is 34.9 Å². The van der Waals surface area contributed by atoms with Crippen LogP contribution in [0.5, 0.6) is 0 Å². The molecule has 5 heteroatoms. The molecule has 2 N–H and O–H groups in total. The number of nitrogens with one attached hydrogen (secondary N) is 1. The molecule has 92 valence electrons. The number of rotatable bonds is 3. The molecule has 0 radical (unpaired) electrons. The molecule has 2 rings (SSSR count). The zero-order valence-electron chi connectivity index (χ0n) is 9.40. The van der Waals surface area contributed by atoms with Crippen molar-refractivity contribution < 1.29 is 9.90 Å². The summed E-state index contributed by atoms with van der Waals surface area (Å²) < 4.78 is 0. The van der Waals surface area contributed by atoms with E-state index in [4.69, 9.17) is 16.7 Å². The average Bonchev–Trinajstić information content (AvgIpc) is 2.27. The predicted molar refractivity (Wildman–Crippen MR) is 65.8 cm³/mol. The molecular formula is C12H15ClN2O2. The van der Waals surface area contributed by atoms with Gasteiger partial charge < -0.3 is 15.3 Å². The van der Waals surface area contributed by atoms with Crippen LogP contribution in [0.2, 0.25) is 5.02 Å². The zero-order chi connectivity index (χ0) is 12.3. The van der Waals surface area contributed by atoms with Gasteiger partial charge in [0.2, 0.25) is 0 Å². The van der Waals surface area contributed by atoms with Gasteiger partial charge in [-0.1, -0.05) is 23.7 Å². The van der Waals surface area contributed by atoms with Gasteiger partial charge in [0, 0.05) is 37.2 Å². The van der Waals surface area contributed by atoms with E-state index in [9.17, 15) is 4.79 Å². The number of carbonyl (C=O) groups is 1. The van der Waals surface area contributed by atoms with Crippen LogP contribution >= 0.6 is 11.6 Å². The van der Waals surface area contributed by atoms with Gasteiger partial charge in [-0.05, 0) is 17.7 Å². The van der Waals surface area contributed by atoms with Crippen LogP contribution in [-0.2, 0) is 6.54 Å². The second-order valence-corrected chi connectivity index (χ2v) is 4.68. The summed E-state index contributed by atoms with van der Waals surface area (Å²) in [5.41, 5.74) is 1.02. The maximum absolute atomic E-state index is 11.6. The van der Waals surface area contributed by atoms with Crippen molar-refractivity contribution in [2.75, 3.05) is 19.7 Å². The van der Waals surface area contributed by atoms with Crippen molar-refractivity contribution in [1.82, 2.24) is 10.2 Å². The molecule has 0 saturated carbocycles. The van der Waals surface area contributed by atoms with E-state index in [2.05, 4.69) is 5.32 Å². The van der Waals surface area contributed by atoms with Gasteiger partial charge in [0.1, 0.15) is 0 Å². The molecule has 0 unspecified atom stereocenters. The number of amides is 2. The number of halogens is 1. The minimum absolute atomic E-state index is 0.0790. The van der Waals surface area contributed by atoms with Crippen molar-refractivity contribution in [2.45, 2.75) is 6.54 Å². The van der Waals surface area contributed by atoms with Crippen LogP contribution in [0.25, 0.3) is 0 Å². The number of likely N-dealkylation sites (tertiary alicyclic amines) is 1. The van der Waals surface area contributed by atoms with Crippen molar-refractivity contribution in [1.29, 1.82) is 0 Å². The van der Waals surface area contributed by atoms with Crippen molar-refractivity contribution in [2.24, 2.45) is 5.92 Å². The average molecular weight is 255 g/mol. The fourth-order valence-corrected chi connectivity index (χ4v) is 1.87. The summed E-state index contributed by atoms with van der Waals surface area (Å²) in [5.74, 6) is 0.247. The van der Waals surface area contributed by atoms with Gasteiger partial charge >= 0.3 is 6.03 Å². The number of urea groups is 1. The van der Waals surface area contributed by atoms with Gasteiger partial charge in [0.05, 0.1) is 0 Å². The summed E-state index contributed by atoms with van der Waals surface area (Å²) in [7, 11) is 0. The highest BCUT2D eigenvalue weighted by Gasteiger charge is 2.29. The standard InChI is InChI=1S/C12H15ClN2O2/c13-11-3-1-9(2-4-11)5-14-12(17)15-6-10(7-15)8-16/h1-4,10,16H,5-8H2,(H,14,17). The molecule has 0 atom stereocenters. The normalized spacial score (nSPS) is 15.5.